The monoisotopic (exact) mass is 416 g/mol. The minimum atomic E-state index is -3.84. The highest BCUT2D eigenvalue weighted by molar-refractivity contribution is 7.92. The molecule has 2 aromatic rings. The first-order chi connectivity index (χ1) is 13.7. The van der Waals surface area contributed by atoms with Crippen molar-refractivity contribution in [2.24, 2.45) is 5.92 Å². The fourth-order valence-electron chi connectivity index (χ4n) is 3.65. The lowest BCUT2D eigenvalue weighted by Crippen LogP contribution is -2.38. The molecule has 1 N–H and O–H groups in total. The molecule has 0 bridgehead atoms. The number of aryl methyl sites for hydroxylation is 2. The fourth-order valence-corrected chi connectivity index (χ4v) is 4.72. The maximum atomic E-state index is 13.0. The van der Waals surface area contributed by atoms with Gasteiger partial charge in [0.25, 0.3) is 15.9 Å². The van der Waals surface area contributed by atoms with E-state index in [0.29, 0.717) is 30.4 Å². The molecular weight excluding hydrogens is 388 g/mol. The van der Waals surface area contributed by atoms with Gasteiger partial charge in [0.2, 0.25) is 0 Å². The number of anilines is 1. The van der Waals surface area contributed by atoms with Gasteiger partial charge in [0.15, 0.2) is 0 Å². The van der Waals surface area contributed by atoms with Crippen LogP contribution in [-0.4, -0.2) is 39.4 Å². The smallest absolute Gasteiger partial charge is 0.261 e. The molecule has 2 aromatic carbocycles. The molecule has 1 amide bonds. The minimum absolute atomic E-state index is 0.0335. The Morgan fingerprint density at radius 1 is 1.07 bits per heavy atom. The highest BCUT2D eigenvalue weighted by atomic mass is 32.2. The van der Waals surface area contributed by atoms with Crippen molar-refractivity contribution in [1.29, 1.82) is 0 Å². The van der Waals surface area contributed by atoms with Crippen molar-refractivity contribution in [1.82, 2.24) is 4.90 Å². The summed E-state index contributed by atoms with van der Waals surface area (Å²) in [7, 11) is -2.37. The van der Waals surface area contributed by atoms with Crippen molar-refractivity contribution in [2.75, 3.05) is 24.9 Å². The number of hydrogen-bond acceptors (Lipinski definition) is 4. The summed E-state index contributed by atoms with van der Waals surface area (Å²) in [4.78, 5) is 14.8. The SMILES string of the molecule is COc1ccc(S(=O)(=O)Nc2cc(C)cc(C)c2)cc1C(=O)N1CCC(C)CC1. The second-order valence-corrected chi connectivity index (χ2v) is 9.50. The predicted molar refractivity (Wildman–Crippen MR) is 114 cm³/mol. The normalized spacial score (nSPS) is 15.2. The van der Waals surface area contributed by atoms with Gasteiger partial charge < -0.3 is 9.64 Å². The van der Waals surface area contributed by atoms with Crippen LogP contribution in [-0.2, 0) is 10.0 Å². The van der Waals surface area contributed by atoms with Crippen molar-refractivity contribution >= 4 is 21.6 Å². The lowest BCUT2D eigenvalue weighted by molar-refractivity contribution is 0.0693. The molecule has 1 heterocycles. The minimum Gasteiger partial charge on any atom is -0.496 e. The Bertz CT molecular complexity index is 989. The van der Waals surface area contributed by atoms with E-state index in [2.05, 4.69) is 11.6 Å². The third-order valence-electron chi connectivity index (χ3n) is 5.26. The van der Waals surface area contributed by atoms with E-state index in [9.17, 15) is 13.2 Å². The molecule has 1 saturated heterocycles. The zero-order valence-corrected chi connectivity index (χ0v) is 18.2. The molecule has 1 aliphatic heterocycles. The van der Waals surface area contributed by atoms with Crippen LogP contribution in [0.2, 0.25) is 0 Å². The Morgan fingerprint density at radius 3 is 2.28 bits per heavy atom. The van der Waals surface area contributed by atoms with Gasteiger partial charge in [0, 0.05) is 18.8 Å². The van der Waals surface area contributed by atoms with Crippen LogP contribution in [0.5, 0.6) is 5.75 Å². The molecule has 156 valence electrons. The van der Waals surface area contributed by atoms with Gasteiger partial charge in [0.1, 0.15) is 5.75 Å². The van der Waals surface area contributed by atoms with E-state index in [1.807, 2.05) is 19.9 Å². The number of nitrogens with zero attached hydrogens (tertiary/aromatic N) is 1. The number of ether oxygens (including phenoxy) is 1. The molecule has 0 aromatic heterocycles. The van der Waals surface area contributed by atoms with Crippen molar-refractivity contribution in [2.45, 2.75) is 38.5 Å². The van der Waals surface area contributed by atoms with Crippen LogP contribution in [0.1, 0.15) is 41.3 Å². The molecule has 7 heteroatoms. The number of methoxy groups -OCH3 is 1. The molecule has 3 rings (SSSR count). The lowest BCUT2D eigenvalue weighted by Gasteiger charge is -2.30. The van der Waals surface area contributed by atoms with Crippen LogP contribution in [0.15, 0.2) is 41.3 Å². The first-order valence-electron chi connectivity index (χ1n) is 9.78. The van der Waals surface area contributed by atoms with Gasteiger partial charge in [-0.05, 0) is 74.1 Å². The van der Waals surface area contributed by atoms with E-state index in [4.69, 9.17) is 4.74 Å². The van der Waals surface area contributed by atoms with Crippen molar-refractivity contribution in [3.05, 3.63) is 53.1 Å². The Morgan fingerprint density at radius 2 is 1.69 bits per heavy atom. The Labute approximate surface area is 172 Å². The van der Waals surface area contributed by atoms with E-state index in [-0.39, 0.29) is 16.4 Å². The van der Waals surface area contributed by atoms with Gasteiger partial charge in [0.05, 0.1) is 17.6 Å². The van der Waals surface area contributed by atoms with E-state index in [1.54, 1.807) is 17.0 Å². The highest BCUT2D eigenvalue weighted by Gasteiger charge is 2.26. The van der Waals surface area contributed by atoms with Crippen LogP contribution in [0.4, 0.5) is 5.69 Å². The predicted octanol–water partition coefficient (Wildman–Crippen LogP) is 3.98. The number of rotatable bonds is 5. The number of sulfonamides is 1. The molecule has 0 unspecified atom stereocenters. The number of amides is 1. The second kappa shape index (κ2) is 8.45. The van der Waals surface area contributed by atoms with Gasteiger partial charge in [-0.25, -0.2) is 8.42 Å². The van der Waals surface area contributed by atoms with Crippen LogP contribution >= 0.6 is 0 Å². The summed E-state index contributed by atoms with van der Waals surface area (Å²) in [5.41, 5.74) is 2.70. The number of piperidine rings is 1. The number of likely N-dealkylation sites (tertiary alicyclic amines) is 1. The summed E-state index contributed by atoms with van der Waals surface area (Å²) in [6.45, 7) is 7.33. The zero-order chi connectivity index (χ0) is 21.2. The maximum Gasteiger partial charge on any atom is 0.261 e. The van der Waals surface area contributed by atoms with Crippen molar-refractivity contribution in [3.8, 4) is 5.75 Å². The van der Waals surface area contributed by atoms with Gasteiger partial charge in [-0.2, -0.15) is 0 Å². The van der Waals surface area contributed by atoms with Crippen LogP contribution in [0.3, 0.4) is 0 Å². The van der Waals surface area contributed by atoms with Gasteiger partial charge >= 0.3 is 0 Å². The topological polar surface area (TPSA) is 75.7 Å². The Kier molecular flexibility index (Phi) is 6.17. The molecule has 1 aliphatic rings. The molecule has 0 atom stereocenters. The molecule has 0 radical (unpaired) electrons. The molecule has 6 nitrogen and oxygen atoms in total. The first-order valence-corrected chi connectivity index (χ1v) is 11.3. The van der Waals surface area contributed by atoms with E-state index >= 15 is 0 Å². The first kappa shape index (κ1) is 21.2. The summed E-state index contributed by atoms with van der Waals surface area (Å²) in [6, 6.07) is 9.92. The average molecular weight is 417 g/mol. The third kappa shape index (κ3) is 4.90. The summed E-state index contributed by atoms with van der Waals surface area (Å²) in [5.74, 6) is 0.769. The van der Waals surface area contributed by atoms with Crippen molar-refractivity contribution in [3.63, 3.8) is 0 Å². The second-order valence-electron chi connectivity index (χ2n) is 7.82. The molecule has 0 saturated carbocycles. The lowest BCUT2D eigenvalue weighted by atomic mass is 9.98. The number of carbonyl (C=O) groups is 1. The van der Waals surface area contributed by atoms with Crippen molar-refractivity contribution < 1.29 is 17.9 Å². The molecule has 1 fully saturated rings. The summed E-state index contributed by atoms with van der Waals surface area (Å²) >= 11 is 0. The molecular formula is C22H28N2O4S. The van der Waals surface area contributed by atoms with E-state index in [0.717, 1.165) is 24.0 Å². The van der Waals surface area contributed by atoms with Gasteiger partial charge in [-0.3, -0.25) is 9.52 Å². The number of hydrogen-bond donors (Lipinski definition) is 1. The van der Waals surface area contributed by atoms with E-state index in [1.165, 1.54) is 25.3 Å². The number of nitrogens with one attached hydrogen (secondary N) is 1. The average Bonchev–Trinajstić information content (AvgIpc) is 2.66. The molecule has 0 aliphatic carbocycles. The zero-order valence-electron chi connectivity index (χ0n) is 17.4. The molecule has 29 heavy (non-hydrogen) atoms. The number of benzene rings is 2. The van der Waals surface area contributed by atoms with E-state index < -0.39 is 10.0 Å². The highest BCUT2D eigenvalue weighted by Crippen LogP contribution is 2.27. The third-order valence-corrected chi connectivity index (χ3v) is 6.64. The fraction of sp³-hybridized carbons (Fsp3) is 0.409. The van der Waals surface area contributed by atoms with Gasteiger partial charge in [-0.15, -0.1) is 0 Å². The maximum absolute atomic E-state index is 13.0. The summed E-state index contributed by atoms with van der Waals surface area (Å²) < 4.78 is 33.8. The quantitative estimate of drug-likeness (QED) is 0.800. The molecule has 0 spiro atoms. The van der Waals surface area contributed by atoms with Crippen LogP contribution in [0, 0.1) is 19.8 Å². The Hall–Kier alpha value is -2.54. The van der Waals surface area contributed by atoms with Gasteiger partial charge in [-0.1, -0.05) is 13.0 Å². The van der Waals surface area contributed by atoms with Crippen LogP contribution in [0.25, 0.3) is 0 Å². The van der Waals surface area contributed by atoms with Crippen LogP contribution < -0.4 is 9.46 Å². The number of carbonyl (C=O) groups excluding carboxylic acids is 1. The largest absolute Gasteiger partial charge is 0.496 e. The summed E-state index contributed by atoms with van der Waals surface area (Å²) in [5, 5.41) is 0. The Balaban J connectivity index is 1.91. The standard InChI is InChI=1S/C22H28N2O4S/c1-15-7-9-24(10-8-15)22(25)20-14-19(5-6-21(20)28-4)29(26,27)23-18-12-16(2)11-17(3)13-18/h5-6,11-15,23H,7-10H2,1-4H3. The summed E-state index contributed by atoms with van der Waals surface area (Å²) in [6.07, 6.45) is 1.89.